The molecular formula is C15H18ClFN2O. The lowest BCUT2D eigenvalue weighted by atomic mass is 9.84. The van der Waals surface area contributed by atoms with Gasteiger partial charge in [0.05, 0.1) is 5.02 Å². The normalized spacial score (nSPS) is 26.5. The van der Waals surface area contributed by atoms with Gasteiger partial charge in [-0.3, -0.25) is 4.79 Å². The maximum atomic E-state index is 13.5. The fourth-order valence-electron chi connectivity index (χ4n) is 3.31. The van der Waals surface area contributed by atoms with Gasteiger partial charge in [0.25, 0.3) is 0 Å². The first kappa shape index (κ1) is 13.8. The van der Waals surface area contributed by atoms with Crippen LogP contribution in [-0.2, 0) is 11.3 Å². The number of hydrogen-bond donors (Lipinski definition) is 1. The Kier molecular flexibility index (Phi) is 3.94. The van der Waals surface area contributed by atoms with E-state index in [4.69, 9.17) is 11.6 Å². The third-order valence-corrected chi connectivity index (χ3v) is 4.81. The molecule has 2 unspecified atom stereocenters. The van der Waals surface area contributed by atoms with Gasteiger partial charge in [-0.05, 0) is 43.5 Å². The van der Waals surface area contributed by atoms with Crippen LogP contribution in [0.1, 0.15) is 24.8 Å². The van der Waals surface area contributed by atoms with Crippen LogP contribution >= 0.6 is 11.6 Å². The molecule has 2 aliphatic rings. The van der Waals surface area contributed by atoms with Gasteiger partial charge in [0.1, 0.15) is 5.82 Å². The molecule has 108 valence electrons. The third-order valence-electron chi connectivity index (χ3n) is 4.39. The number of benzene rings is 1. The average molecular weight is 297 g/mol. The smallest absolute Gasteiger partial charge is 0.223 e. The number of nitrogens with zero attached hydrogens (tertiary/aromatic N) is 1. The van der Waals surface area contributed by atoms with Crippen molar-refractivity contribution in [2.45, 2.75) is 31.8 Å². The van der Waals surface area contributed by atoms with E-state index < -0.39 is 5.82 Å². The summed E-state index contributed by atoms with van der Waals surface area (Å²) in [4.78, 5) is 14.1. The van der Waals surface area contributed by atoms with Gasteiger partial charge in [-0.1, -0.05) is 23.7 Å². The Morgan fingerprint density at radius 2 is 2.25 bits per heavy atom. The van der Waals surface area contributed by atoms with Crippen LogP contribution < -0.4 is 5.32 Å². The van der Waals surface area contributed by atoms with Crippen molar-refractivity contribution in [3.05, 3.63) is 34.6 Å². The zero-order valence-electron chi connectivity index (χ0n) is 11.2. The standard InChI is InChI=1S/C15H18ClFN2O/c16-15-11(2-1-3-12(15)17)9-19-13-6-7-18-8-10(13)4-5-14(19)20/h1-3,10,13,18H,4-9H2. The Balaban J connectivity index is 1.83. The van der Waals surface area contributed by atoms with Gasteiger partial charge >= 0.3 is 0 Å². The number of likely N-dealkylation sites (tertiary alicyclic amines) is 1. The molecule has 0 aromatic heterocycles. The van der Waals surface area contributed by atoms with E-state index in [1.807, 2.05) is 4.90 Å². The molecule has 0 radical (unpaired) electrons. The van der Waals surface area contributed by atoms with Crippen LogP contribution in [0.2, 0.25) is 5.02 Å². The van der Waals surface area contributed by atoms with Crippen molar-refractivity contribution in [3.8, 4) is 0 Å². The van der Waals surface area contributed by atoms with Gasteiger partial charge in [-0.2, -0.15) is 0 Å². The third kappa shape index (κ3) is 2.54. The topological polar surface area (TPSA) is 32.3 Å². The van der Waals surface area contributed by atoms with Crippen LogP contribution in [0.3, 0.4) is 0 Å². The molecule has 2 atom stereocenters. The summed E-state index contributed by atoms with van der Waals surface area (Å²) in [6, 6.07) is 5.04. The number of piperidine rings is 2. The second-order valence-corrected chi connectivity index (χ2v) is 5.97. The summed E-state index contributed by atoms with van der Waals surface area (Å²) < 4.78 is 13.5. The van der Waals surface area contributed by atoms with Crippen molar-refractivity contribution in [1.29, 1.82) is 0 Å². The molecule has 0 spiro atoms. The van der Waals surface area contributed by atoms with Gasteiger partial charge in [0.2, 0.25) is 5.91 Å². The van der Waals surface area contributed by atoms with E-state index in [-0.39, 0.29) is 17.0 Å². The molecule has 2 heterocycles. The maximum Gasteiger partial charge on any atom is 0.223 e. The summed E-state index contributed by atoms with van der Waals surface area (Å²) >= 11 is 6.01. The summed E-state index contributed by atoms with van der Waals surface area (Å²) in [6.07, 6.45) is 2.49. The van der Waals surface area contributed by atoms with Gasteiger partial charge in [-0.15, -0.1) is 0 Å². The summed E-state index contributed by atoms with van der Waals surface area (Å²) in [6.45, 7) is 2.31. The lowest BCUT2D eigenvalue weighted by molar-refractivity contribution is -0.140. The lowest BCUT2D eigenvalue weighted by Crippen LogP contribution is -2.54. The van der Waals surface area contributed by atoms with Crippen molar-refractivity contribution < 1.29 is 9.18 Å². The number of hydrogen-bond acceptors (Lipinski definition) is 2. The second-order valence-electron chi connectivity index (χ2n) is 5.59. The van der Waals surface area contributed by atoms with Gasteiger partial charge in [-0.25, -0.2) is 4.39 Å². The van der Waals surface area contributed by atoms with Crippen LogP contribution in [0.5, 0.6) is 0 Å². The summed E-state index contributed by atoms with van der Waals surface area (Å²) in [5.74, 6) is 0.248. The van der Waals surface area contributed by atoms with Crippen molar-refractivity contribution in [2.24, 2.45) is 5.92 Å². The van der Waals surface area contributed by atoms with E-state index in [1.54, 1.807) is 12.1 Å². The molecule has 1 aromatic carbocycles. The Hall–Kier alpha value is -1.13. The van der Waals surface area contributed by atoms with Crippen molar-refractivity contribution in [3.63, 3.8) is 0 Å². The molecule has 1 amide bonds. The molecule has 0 saturated carbocycles. The number of carbonyl (C=O) groups excluding carboxylic acids is 1. The molecule has 1 aromatic rings. The van der Waals surface area contributed by atoms with Crippen molar-refractivity contribution >= 4 is 17.5 Å². The Morgan fingerprint density at radius 3 is 3.10 bits per heavy atom. The minimum Gasteiger partial charge on any atom is -0.335 e. The van der Waals surface area contributed by atoms with Gasteiger partial charge < -0.3 is 10.2 Å². The largest absolute Gasteiger partial charge is 0.335 e. The maximum absolute atomic E-state index is 13.5. The first-order chi connectivity index (χ1) is 9.66. The van der Waals surface area contributed by atoms with E-state index >= 15 is 0 Å². The van der Waals surface area contributed by atoms with Crippen molar-refractivity contribution in [2.75, 3.05) is 13.1 Å². The molecule has 5 heteroatoms. The van der Waals surface area contributed by atoms with Crippen LogP contribution in [0.4, 0.5) is 4.39 Å². The number of carbonyl (C=O) groups is 1. The van der Waals surface area contributed by atoms with Gasteiger partial charge in [0, 0.05) is 19.0 Å². The molecule has 0 bridgehead atoms. The molecule has 0 aliphatic carbocycles. The van der Waals surface area contributed by atoms with Crippen LogP contribution in [0, 0.1) is 11.7 Å². The average Bonchev–Trinajstić information content (AvgIpc) is 2.46. The fourth-order valence-corrected chi connectivity index (χ4v) is 3.50. The predicted molar refractivity (Wildman–Crippen MR) is 76.0 cm³/mol. The zero-order chi connectivity index (χ0) is 14.1. The number of fused-ring (bicyclic) bond motifs is 1. The Morgan fingerprint density at radius 1 is 1.40 bits per heavy atom. The van der Waals surface area contributed by atoms with Crippen LogP contribution in [0.25, 0.3) is 0 Å². The summed E-state index contributed by atoms with van der Waals surface area (Å²) in [5, 5.41) is 3.52. The van der Waals surface area contributed by atoms with Crippen molar-refractivity contribution in [1.82, 2.24) is 10.2 Å². The minimum atomic E-state index is -0.421. The zero-order valence-corrected chi connectivity index (χ0v) is 12.0. The Labute approximate surface area is 123 Å². The number of halogens is 2. The number of amides is 1. The van der Waals surface area contributed by atoms with Gasteiger partial charge in [0.15, 0.2) is 0 Å². The minimum absolute atomic E-state index is 0.136. The Bertz CT molecular complexity index is 523. The molecule has 2 fully saturated rings. The lowest BCUT2D eigenvalue weighted by Gasteiger charge is -2.44. The fraction of sp³-hybridized carbons (Fsp3) is 0.533. The predicted octanol–water partition coefficient (Wildman–Crippen LogP) is 2.58. The second kappa shape index (κ2) is 5.70. The van der Waals surface area contributed by atoms with E-state index in [0.29, 0.717) is 24.4 Å². The molecule has 1 N–H and O–H groups in total. The summed E-state index contributed by atoms with van der Waals surface area (Å²) in [7, 11) is 0. The van der Waals surface area contributed by atoms with Crippen LogP contribution in [0.15, 0.2) is 18.2 Å². The molecule has 2 aliphatic heterocycles. The molecule has 3 rings (SSSR count). The monoisotopic (exact) mass is 296 g/mol. The number of rotatable bonds is 2. The highest BCUT2D eigenvalue weighted by atomic mass is 35.5. The first-order valence-electron chi connectivity index (χ1n) is 7.10. The summed E-state index contributed by atoms with van der Waals surface area (Å²) in [5.41, 5.74) is 0.694. The van der Waals surface area contributed by atoms with E-state index in [9.17, 15) is 9.18 Å². The van der Waals surface area contributed by atoms with Crippen LogP contribution in [-0.4, -0.2) is 29.9 Å². The van der Waals surface area contributed by atoms with E-state index in [2.05, 4.69) is 5.32 Å². The molecular weight excluding hydrogens is 279 g/mol. The highest BCUT2D eigenvalue weighted by Crippen LogP contribution is 2.31. The first-order valence-corrected chi connectivity index (χ1v) is 7.47. The van der Waals surface area contributed by atoms with E-state index in [0.717, 1.165) is 25.9 Å². The molecule has 20 heavy (non-hydrogen) atoms. The van der Waals surface area contributed by atoms with E-state index in [1.165, 1.54) is 6.07 Å². The highest BCUT2D eigenvalue weighted by molar-refractivity contribution is 6.31. The molecule has 2 saturated heterocycles. The quantitative estimate of drug-likeness (QED) is 0.910. The highest BCUT2D eigenvalue weighted by Gasteiger charge is 2.37. The molecule has 3 nitrogen and oxygen atoms in total. The SMILES string of the molecule is O=C1CCC2CNCCC2N1Cc1cccc(F)c1Cl. The number of nitrogens with one attached hydrogen (secondary N) is 1.